The Balaban J connectivity index is 3.07. The predicted molar refractivity (Wildman–Crippen MR) is 45.7 cm³/mol. The Bertz CT molecular complexity index is 279. The monoisotopic (exact) mass is 187 g/mol. The van der Waals surface area contributed by atoms with Crippen LogP contribution in [-0.4, -0.2) is 13.7 Å². The fourth-order valence-electron chi connectivity index (χ4n) is 1.08. The van der Waals surface area contributed by atoms with Gasteiger partial charge in [0.25, 0.3) is 0 Å². The van der Waals surface area contributed by atoms with Crippen LogP contribution in [-0.2, 0) is 6.42 Å². The highest BCUT2D eigenvalue weighted by Gasteiger charge is 2.10. The molecule has 13 heavy (non-hydrogen) atoms. The molecular weight excluding hydrogens is 176 g/mol. The average molecular weight is 187 g/mol. The Labute approximate surface area is 75.3 Å². The normalized spacial score (nSPS) is 10.2. The van der Waals surface area contributed by atoms with Gasteiger partial charge in [-0.1, -0.05) is 0 Å². The summed E-state index contributed by atoms with van der Waals surface area (Å²) in [6.07, 6.45) is 0.196. The van der Waals surface area contributed by atoms with Crippen molar-refractivity contribution in [3.8, 4) is 5.75 Å². The second kappa shape index (κ2) is 4.18. The van der Waals surface area contributed by atoms with Crippen LogP contribution in [0.5, 0.6) is 5.75 Å². The smallest absolute Gasteiger partial charge is 0.133 e. The number of benzene rings is 1. The fraction of sp³-hybridized carbons (Fsp3) is 0.333. The maximum absolute atomic E-state index is 13.1. The van der Waals surface area contributed by atoms with Gasteiger partial charge >= 0.3 is 0 Å². The summed E-state index contributed by atoms with van der Waals surface area (Å²) in [6, 6.07) is 2.29. The van der Waals surface area contributed by atoms with Gasteiger partial charge in [-0.3, -0.25) is 0 Å². The Morgan fingerprint density at radius 2 is 1.85 bits per heavy atom. The number of nitrogens with two attached hydrogens (primary N) is 1. The minimum atomic E-state index is -0.609. The number of hydrogen-bond acceptors (Lipinski definition) is 2. The first kappa shape index (κ1) is 9.92. The molecule has 0 aliphatic carbocycles. The Hall–Kier alpha value is -1.16. The third kappa shape index (κ3) is 2.15. The molecule has 2 N–H and O–H groups in total. The Kier molecular flexibility index (Phi) is 3.19. The van der Waals surface area contributed by atoms with Crippen LogP contribution in [0, 0.1) is 11.6 Å². The molecule has 0 saturated carbocycles. The van der Waals surface area contributed by atoms with E-state index in [0.717, 1.165) is 12.1 Å². The van der Waals surface area contributed by atoms with Crippen molar-refractivity contribution in [1.29, 1.82) is 0 Å². The molecule has 4 heteroatoms. The van der Waals surface area contributed by atoms with Crippen molar-refractivity contribution in [1.82, 2.24) is 0 Å². The molecule has 0 saturated heterocycles. The molecule has 72 valence electrons. The molecule has 0 spiro atoms. The van der Waals surface area contributed by atoms with Gasteiger partial charge in [-0.2, -0.15) is 0 Å². The predicted octanol–water partition coefficient (Wildman–Crippen LogP) is 1.47. The van der Waals surface area contributed by atoms with E-state index in [1.807, 2.05) is 0 Å². The quantitative estimate of drug-likeness (QED) is 0.777. The lowest BCUT2D eigenvalue weighted by Gasteiger charge is -2.05. The molecule has 0 aliphatic rings. The van der Waals surface area contributed by atoms with E-state index in [-0.39, 0.29) is 24.3 Å². The van der Waals surface area contributed by atoms with Crippen LogP contribution in [0.3, 0.4) is 0 Å². The highest BCUT2D eigenvalue weighted by Crippen LogP contribution is 2.20. The van der Waals surface area contributed by atoms with Crippen LogP contribution >= 0.6 is 0 Å². The van der Waals surface area contributed by atoms with Crippen molar-refractivity contribution in [2.24, 2.45) is 5.73 Å². The zero-order valence-corrected chi connectivity index (χ0v) is 7.31. The summed E-state index contributed by atoms with van der Waals surface area (Å²) in [5, 5.41) is 0. The molecule has 0 aliphatic heterocycles. The number of ether oxygens (including phenoxy) is 1. The van der Waals surface area contributed by atoms with Gasteiger partial charge in [-0.25, -0.2) is 8.78 Å². The lowest BCUT2D eigenvalue weighted by Crippen LogP contribution is -2.07. The summed E-state index contributed by atoms with van der Waals surface area (Å²) >= 11 is 0. The molecule has 0 aromatic heterocycles. The van der Waals surface area contributed by atoms with Gasteiger partial charge in [0.1, 0.15) is 17.4 Å². The van der Waals surface area contributed by atoms with Crippen molar-refractivity contribution < 1.29 is 13.5 Å². The number of methoxy groups -OCH3 is 1. The molecule has 1 aromatic rings. The van der Waals surface area contributed by atoms with Crippen molar-refractivity contribution in [3.05, 3.63) is 29.3 Å². The first-order valence-electron chi connectivity index (χ1n) is 3.91. The molecule has 2 nitrogen and oxygen atoms in total. The van der Waals surface area contributed by atoms with Gasteiger partial charge in [-0.05, 0) is 13.0 Å². The lowest BCUT2D eigenvalue weighted by molar-refractivity contribution is 0.405. The minimum Gasteiger partial charge on any atom is -0.497 e. The van der Waals surface area contributed by atoms with E-state index in [1.54, 1.807) is 0 Å². The average Bonchev–Trinajstić information content (AvgIpc) is 2.11. The molecule has 0 amide bonds. The SMILES string of the molecule is COc1cc(F)c(CCN)c(F)c1. The Morgan fingerprint density at radius 1 is 1.31 bits per heavy atom. The second-order valence-electron chi connectivity index (χ2n) is 2.61. The first-order chi connectivity index (χ1) is 6.19. The molecular formula is C9H11F2NO. The van der Waals surface area contributed by atoms with E-state index in [1.165, 1.54) is 7.11 Å². The zero-order chi connectivity index (χ0) is 9.84. The summed E-state index contributed by atoms with van der Waals surface area (Å²) in [4.78, 5) is 0. The van der Waals surface area contributed by atoms with Gasteiger partial charge in [-0.15, -0.1) is 0 Å². The highest BCUT2D eigenvalue weighted by molar-refractivity contribution is 5.30. The van der Waals surface area contributed by atoms with Gasteiger partial charge in [0.2, 0.25) is 0 Å². The van der Waals surface area contributed by atoms with E-state index >= 15 is 0 Å². The van der Waals surface area contributed by atoms with Crippen LogP contribution in [0.2, 0.25) is 0 Å². The summed E-state index contributed by atoms with van der Waals surface area (Å²) in [5.41, 5.74) is 5.22. The topological polar surface area (TPSA) is 35.2 Å². The van der Waals surface area contributed by atoms with Crippen LogP contribution in [0.4, 0.5) is 8.78 Å². The van der Waals surface area contributed by atoms with Crippen molar-refractivity contribution in [2.45, 2.75) is 6.42 Å². The largest absolute Gasteiger partial charge is 0.497 e. The maximum atomic E-state index is 13.1. The van der Waals surface area contributed by atoms with Crippen molar-refractivity contribution in [2.75, 3.05) is 13.7 Å². The molecule has 0 unspecified atom stereocenters. The van der Waals surface area contributed by atoms with E-state index in [9.17, 15) is 8.78 Å². The highest BCUT2D eigenvalue weighted by atomic mass is 19.1. The Morgan fingerprint density at radius 3 is 2.23 bits per heavy atom. The zero-order valence-electron chi connectivity index (χ0n) is 7.31. The van der Waals surface area contributed by atoms with E-state index in [4.69, 9.17) is 10.5 Å². The van der Waals surface area contributed by atoms with Gasteiger partial charge < -0.3 is 10.5 Å². The standard InChI is InChI=1S/C9H11F2NO/c1-13-6-4-8(10)7(2-3-12)9(11)5-6/h4-5H,2-3,12H2,1H3. The number of halogens is 2. The molecule has 0 heterocycles. The van der Waals surface area contributed by atoms with Crippen LogP contribution in [0.1, 0.15) is 5.56 Å². The fourth-order valence-corrected chi connectivity index (χ4v) is 1.08. The third-order valence-corrected chi connectivity index (χ3v) is 1.74. The van der Waals surface area contributed by atoms with Gasteiger partial charge in [0.05, 0.1) is 7.11 Å². The second-order valence-corrected chi connectivity index (χ2v) is 2.61. The molecule has 0 fully saturated rings. The maximum Gasteiger partial charge on any atom is 0.133 e. The van der Waals surface area contributed by atoms with Crippen LogP contribution < -0.4 is 10.5 Å². The van der Waals surface area contributed by atoms with E-state index in [2.05, 4.69) is 0 Å². The summed E-state index contributed by atoms with van der Waals surface area (Å²) < 4.78 is 30.9. The molecule has 0 bridgehead atoms. The minimum absolute atomic E-state index is 0.0169. The lowest BCUT2D eigenvalue weighted by atomic mass is 10.1. The van der Waals surface area contributed by atoms with Gasteiger partial charge in [0.15, 0.2) is 0 Å². The third-order valence-electron chi connectivity index (χ3n) is 1.74. The molecule has 1 rings (SSSR count). The van der Waals surface area contributed by atoms with Crippen LogP contribution in [0.15, 0.2) is 12.1 Å². The summed E-state index contributed by atoms with van der Waals surface area (Å²) in [7, 11) is 1.36. The van der Waals surface area contributed by atoms with E-state index in [0.29, 0.717) is 0 Å². The van der Waals surface area contributed by atoms with Crippen LogP contribution in [0.25, 0.3) is 0 Å². The number of rotatable bonds is 3. The summed E-state index contributed by atoms with van der Waals surface area (Å²) in [5.74, 6) is -1.04. The van der Waals surface area contributed by atoms with Crippen molar-refractivity contribution >= 4 is 0 Å². The molecule has 0 atom stereocenters. The number of hydrogen-bond donors (Lipinski definition) is 1. The molecule has 1 aromatic carbocycles. The first-order valence-corrected chi connectivity index (χ1v) is 3.91. The van der Waals surface area contributed by atoms with Crippen molar-refractivity contribution in [3.63, 3.8) is 0 Å². The molecule has 0 radical (unpaired) electrons. The van der Waals surface area contributed by atoms with Gasteiger partial charge in [0, 0.05) is 17.7 Å². The summed E-state index contributed by atoms with van der Waals surface area (Å²) in [6.45, 7) is 0.222. The van der Waals surface area contributed by atoms with E-state index < -0.39 is 11.6 Å².